The summed E-state index contributed by atoms with van der Waals surface area (Å²) in [6.07, 6.45) is 2.16. The number of hydrogen-bond acceptors (Lipinski definition) is 5. The van der Waals surface area contributed by atoms with Crippen LogP contribution in [0.3, 0.4) is 0 Å². The number of benzene rings is 1. The Balaban J connectivity index is 2.01. The van der Waals surface area contributed by atoms with Gasteiger partial charge in [0.05, 0.1) is 13.2 Å². The lowest BCUT2D eigenvalue weighted by Crippen LogP contribution is -2.45. The van der Waals surface area contributed by atoms with Gasteiger partial charge in [-0.25, -0.2) is 0 Å². The second kappa shape index (κ2) is 9.08. The molecule has 0 aliphatic carbocycles. The van der Waals surface area contributed by atoms with Crippen molar-refractivity contribution < 1.29 is 23.8 Å². The number of carbonyl (C=O) groups is 2. The van der Waals surface area contributed by atoms with Gasteiger partial charge in [-0.15, -0.1) is 0 Å². The summed E-state index contributed by atoms with van der Waals surface area (Å²) in [6, 6.07) is 4.81. The van der Waals surface area contributed by atoms with Crippen molar-refractivity contribution in [2.24, 2.45) is 17.1 Å². The first-order chi connectivity index (χ1) is 12.7. The molecule has 150 valence electrons. The molecule has 1 fully saturated rings. The van der Waals surface area contributed by atoms with Crippen LogP contribution >= 0.6 is 0 Å². The molecular weight excluding hydrogens is 348 g/mol. The molecule has 1 heterocycles. The van der Waals surface area contributed by atoms with Crippen LogP contribution in [0.5, 0.6) is 11.5 Å². The summed E-state index contributed by atoms with van der Waals surface area (Å²) in [7, 11) is 1.47. The molecule has 2 amide bonds. The van der Waals surface area contributed by atoms with Crippen molar-refractivity contribution >= 4 is 11.8 Å². The van der Waals surface area contributed by atoms with E-state index in [-0.39, 0.29) is 30.0 Å². The van der Waals surface area contributed by atoms with Gasteiger partial charge in [0.15, 0.2) is 18.1 Å². The molecule has 0 aromatic heterocycles. The van der Waals surface area contributed by atoms with Crippen LogP contribution in [-0.4, -0.2) is 44.8 Å². The van der Waals surface area contributed by atoms with E-state index in [1.54, 1.807) is 18.2 Å². The molecule has 0 saturated carbocycles. The molecule has 1 aliphatic rings. The van der Waals surface area contributed by atoms with Crippen LogP contribution in [0.1, 0.15) is 44.0 Å². The molecule has 7 heteroatoms. The molecule has 27 heavy (non-hydrogen) atoms. The van der Waals surface area contributed by atoms with Crippen molar-refractivity contribution in [3.63, 3.8) is 0 Å². The van der Waals surface area contributed by atoms with Crippen molar-refractivity contribution in [2.45, 2.75) is 39.7 Å². The van der Waals surface area contributed by atoms with Crippen molar-refractivity contribution in [1.29, 1.82) is 0 Å². The van der Waals surface area contributed by atoms with Gasteiger partial charge in [-0.3, -0.25) is 9.59 Å². The molecule has 1 aromatic carbocycles. The maximum absolute atomic E-state index is 12.6. The SMILES string of the molecule is COc1cc(C(=O)NCC2CCCOC2C(C)(C)C)ccc1OCC(N)=O. The van der Waals surface area contributed by atoms with Gasteiger partial charge >= 0.3 is 0 Å². The molecule has 0 radical (unpaired) electrons. The molecule has 2 atom stereocenters. The van der Waals surface area contributed by atoms with E-state index in [1.807, 2.05) is 0 Å². The topological polar surface area (TPSA) is 99.9 Å². The Morgan fingerprint density at radius 2 is 2.04 bits per heavy atom. The summed E-state index contributed by atoms with van der Waals surface area (Å²) in [5, 5.41) is 3.00. The first kappa shape index (κ1) is 21.0. The van der Waals surface area contributed by atoms with Gasteiger partial charge in [-0.2, -0.15) is 0 Å². The highest BCUT2D eigenvalue weighted by Crippen LogP contribution is 2.34. The summed E-state index contributed by atoms with van der Waals surface area (Å²) in [5.41, 5.74) is 5.57. The molecule has 1 aliphatic heterocycles. The van der Waals surface area contributed by atoms with Crippen molar-refractivity contribution in [3.05, 3.63) is 23.8 Å². The monoisotopic (exact) mass is 378 g/mol. The minimum Gasteiger partial charge on any atom is -0.493 e. The fraction of sp³-hybridized carbons (Fsp3) is 0.600. The van der Waals surface area contributed by atoms with Crippen molar-refractivity contribution in [3.8, 4) is 11.5 Å². The molecule has 0 spiro atoms. The quantitative estimate of drug-likeness (QED) is 0.757. The number of rotatable bonds is 7. The lowest BCUT2D eigenvalue weighted by molar-refractivity contribution is -0.119. The number of nitrogens with one attached hydrogen (secondary N) is 1. The highest BCUT2D eigenvalue weighted by atomic mass is 16.5. The molecule has 1 saturated heterocycles. The Bertz CT molecular complexity index is 669. The zero-order valence-electron chi connectivity index (χ0n) is 16.5. The third kappa shape index (κ3) is 5.85. The van der Waals surface area contributed by atoms with Crippen LogP contribution in [0.4, 0.5) is 0 Å². The number of methoxy groups -OCH3 is 1. The minimum atomic E-state index is -0.582. The third-order valence-corrected chi connectivity index (χ3v) is 4.62. The van der Waals surface area contributed by atoms with Crippen LogP contribution in [0, 0.1) is 11.3 Å². The van der Waals surface area contributed by atoms with Gasteiger partial charge < -0.3 is 25.3 Å². The normalized spacial score (nSPS) is 20.0. The number of ether oxygens (including phenoxy) is 3. The Hall–Kier alpha value is -2.28. The van der Waals surface area contributed by atoms with E-state index < -0.39 is 5.91 Å². The molecule has 3 N–H and O–H groups in total. The van der Waals surface area contributed by atoms with Crippen LogP contribution in [-0.2, 0) is 9.53 Å². The van der Waals surface area contributed by atoms with Gasteiger partial charge in [-0.1, -0.05) is 20.8 Å². The van der Waals surface area contributed by atoms with E-state index in [9.17, 15) is 9.59 Å². The molecule has 2 rings (SSSR count). The van der Waals surface area contributed by atoms with Crippen LogP contribution in [0.2, 0.25) is 0 Å². The largest absolute Gasteiger partial charge is 0.493 e. The second-order valence-electron chi connectivity index (χ2n) is 7.89. The average molecular weight is 378 g/mol. The number of nitrogens with two attached hydrogens (primary N) is 1. The van der Waals surface area contributed by atoms with Crippen molar-refractivity contribution in [2.75, 3.05) is 26.9 Å². The molecule has 2 unspecified atom stereocenters. The van der Waals surface area contributed by atoms with Gasteiger partial charge in [0.2, 0.25) is 0 Å². The highest BCUT2D eigenvalue weighted by Gasteiger charge is 2.35. The Labute approximate surface area is 160 Å². The predicted molar refractivity (Wildman–Crippen MR) is 102 cm³/mol. The fourth-order valence-electron chi connectivity index (χ4n) is 3.41. The van der Waals surface area contributed by atoms with Crippen LogP contribution < -0.4 is 20.5 Å². The van der Waals surface area contributed by atoms with Crippen molar-refractivity contribution in [1.82, 2.24) is 5.32 Å². The third-order valence-electron chi connectivity index (χ3n) is 4.62. The second-order valence-corrected chi connectivity index (χ2v) is 7.89. The zero-order valence-corrected chi connectivity index (χ0v) is 16.5. The first-order valence-corrected chi connectivity index (χ1v) is 9.21. The molecule has 1 aromatic rings. The smallest absolute Gasteiger partial charge is 0.255 e. The first-order valence-electron chi connectivity index (χ1n) is 9.21. The number of hydrogen-bond donors (Lipinski definition) is 2. The number of amides is 2. The van der Waals surface area contributed by atoms with E-state index in [0.29, 0.717) is 23.6 Å². The average Bonchev–Trinajstić information content (AvgIpc) is 2.63. The van der Waals surface area contributed by atoms with E-state index in [1.165, 1.54) is 7.11 Å². The van der Waals surface area contributed by atoms with Crippen LogP contribution in [0.25, 0.3) is 0 Å². The van der Waals surface area contributed by atoms with Gasteiger partial charge in [0, 0.05) is 24.6 Å². The van der Waals surface area contributed by atoms with E-state index in [0.717, 1.165) is 19.4 Å². The molecular formula is C20H30N2O5. The summed E-state index contributed by atoms with van der Waals surface area (Å²) >= 11 is 0. The fourth-order valence-corrected chi connectivity index (χ4v) is 3.41. The molecule has 7 nitrogen and oxygen atoms in total. The Morgan fingerprint density at radius 3 is 2.67 bits per heavy atom. The van der Waals surface area contributed by atoms with Gasteiger partial charge in [0.25, 0.3) is 11.8 Å². The molecule has 0 bridgehead atoms. The summed E-state index contributed by atoms with van der Waals surface area (Å²) in [5.74, 6) is 0.247. The van der Waals surface area contributed by atoms with Gasteiger partial charge in [-0.05, 0) is 36.5 Å². The lowest BCUT2D eigenvalue weighted by Gasteiger charge is -2.40. The van der Waals surface area contributed by atoms with Gasteiger partial charge in [0.1, 0.15) is 0 Å². The number of carbonyl (C=O) groups excluding carboxylic acids is 2. The summed E-state index contributed by atoms with van der Waals surface area (Å²) in [6.45, 7) is 7.56. The standard InChI is InChI=1S/C20H30N2O5/c1-20(2,3)18-14(6-5-9-26-18)11-22-19(24)13-7-8-15(16(10-13)25-4)27-12-17(21)23/h7-8,10,14,18H,5-6,9,11-12H2,1-4H3,(H2,21,23)(H,22,24). The summed E-state index contributed by atoms with van der Waals surface area (Å²) in [4.78, 5) is 23.4. The zero-order chi connectivity index (χ0) is 20.0. The van der Waals surface area contributed by atoms with Crippen LogP contribution in [0.15, 0.2) is 18.2 Å². The van der Waals surface area contributed by atoms with E-state index in [2.05, 4.69) is 26.1 Å². The van der Waals surface area contributed by atoms with E-state index >= 15 is 0 Å². The lowest BCUT2D eigenvalue weighted by atomic mass is 9.78. The summed E-state index contributed by atoms with van der Waals surface area (Å²) < 4.78 is 16.5. The maximum atomic E-state index is 12.6. The minimum absolute atomic E-state index is 0.0262. The Kier molecular flexibility index (Phi) is 7.07. The predicted octanol–water partition coefficient (Wildman–Crippen LogP) is 2.13. The Morgan fingerprint density at radius 1 is 1.30 bits per heavy atom. The number of primary amides is 1. The highest BCUT2D eigenvalue weighted by molar-refractivity contribution is 5.94. The van der Waals surface area contributed by atoms with E-state index in [4.69, 9.17) is 19.9 Å². The maximum Gasteiger partial charge on any atom is 0.255 e.